The summed E-state index contributed by atoms with van der Waals surface area (Å²) in [5, 5.41) is 7.62. The van der Waals surface area contributed by atoms with Gasteiger partial charge in [0.2, 0.25) is 0 Å². The van der Waals surface area contributed by atoms with Crippen molar-refractivity contribution < 1.29 is 0 Å². The number of hydrogen-bond acceptors (Lipinski definition) is 4. The van der Waals surface area contributed by atoms with Gasteiger partial charge in [0.15, 0.2) is 0 Å². The van der Waals surface area contributed by atoms with Crippen LogP contribution in [0.5, 0.6) is 0 Å². The van der Waals surface area contributed by atoms with E-state index in [1.165, 1.54) is 4.68 Å². The molecule has 1 N–H and O–H groups in total. The van der Waals surface area contributed by atoms with Crippen LogP contribution in [-0.2, 0) is 13.0 Å². The lowest BCUT2D eigenvalue weighted by Crippen LogP contribution is -2.27. The predicted molar refractivity (Wildman–Crippen MR) is 76.3 cm³/mol. The highest BCUT2D eigenvalue weighted by atomic mass is 79.9. The van der Waals surface area contributed by atoms with E-state index >= 15 is 0 Å². The van der Waals surface area contributed by atoms with Crippen LogP contribution in [0.2, 0.25) is 0 Å². The Bertz CT molecular complexity index is 651. The zero-order valence-electron chi connectivity index (χ0n) is 10.3. The molecular weight excluding hydrogens is 308 g/mol. The molecule has 5 nitrogen and oxygen atoms in total. The highest BCUT2D eigenvalue weighted by molar-refractivity contribution is 9.10. The van der Waals surface area contributed by atoms with Crippen molar-refractivity contribution in [2.75, 3.05) is 11.9 Å². The first-order valence-electron chi connectivity index (χ1n) is 6.18. The molecular formula is C13H13BrN4O. The SMILES string of the molecule is O=c1cc2c(nn1Cc1ccc(Br)cn1)CCCN2. The summed E-state index contributed by atoms with van der Waals surface area (Å²) in [7, 11) is 0. The van der Waals surface area contributed by atoms with Crippen LogP contribution < -0.4 is 10.9 Å². The number of pyridine rings is 1. The van der Waals surface area contributed by atoms with E-state index in [0.717, 1.165) is 40.9 Å². The van der Waals surface area contributed by atoms with Crippen molar-refractivity contribution in [3.8, 4) is 0 Å². The molecule has 19 heavy (non-hydrogen) atoms. The van der Waals surface area contributed by atoms with Gasteiger partial charge in [0.25, 0.3) is 5.56 Å². The molecule has 3 rings (SSSR count). The Hall–Kier alpha value is -1.69. The van der Waals surface area contributed by atoms with Crippen molar-refractivity contribution in [2.24, 2.45) is 0 Å². The van der Waals surface area contributed by atoms with Gasteiger partial charge in [-0.05, 0) is 40.9 Å². The van der Waals surface area contributed by atoms with E-state index in [9.17, 15) is 4.79 Å². The zero-order chi connectivity index (χ0) is 13.2. The monoisotopic (exact) mass is 320 g/mol. The Morgan fingerprint density at radius 2 is 2.32 bits per heavy atom. The van der Waals surface area contributed by atoms with Gasteiger partial charge in [-0.3, -0.25) is 9.78 Å². The number of aryl methyl sites for hydroxylation is 1. The third-order valence-electron chi connectivity index (χ3n) is 3.08. The normalized spacial score (nSPS) is 13.7. The first kappa shape index (κ1) is 12.3. The van der Waals surface area contributed by atoms with Crippen molar-refractivity contribution in [3.63, 3.8) is 0 Å². The molecule has 0 bridgehead atoms. The summed E-state index contributed by atoms with van der Waals surface area (Å²) in [5.74, 6) is 0. The molecule has 2 aromatic heterocycles. The second kappa shape index (κ2) is 5.13. The van der Waals surface area contributed by atoms with Crippen LogP contribution in [0.1, 0.15) is 17.8 Å². The second-order valence-electron chi connectivity index (χ2n) is 4.50. The zero-order valence-corrected chi connectivity index (χ0v) is 11.9. The Labute approximate surface area is 118 Å². The highest BCUT2D eigenvalue weighted by Gasteiger charge is 2.12. The summed E-state index contributed by atoms with van der Waals surface area (Å²) in [5.41, 5.74) is 2.55. The number of rotatable bonds is 2. The average Bonchev–Trinajstić information content (AvgIpc) is 2.42. The average molecular weight is 321 g/mol. The Morgan fingerprint density at radius 1 is 1.42 bits per heavy atom. The maximum absolute atomic E-state index is 12.0. The number of fused-ring (bicyclic) bond motifs is 1. The van der Waals surface area contributed by atoms with Gasteiger partial charge in [-0.15, -0.1) is 0 Å². The summed E-state index contributed by atoms with van der Waals surface area (Å²) in [6, 6.07) is 5.42. The first-order valence-corrected chi connectivity index (χ1v) is 6.97. The first-order chi connectivity index (χ1) is 9.22. The maximum atomic E-state index is 12.0. The summed E-state index contributed by atoms with van der Waals surface area (Å²) in [6.45, 7) is 1.31. The van der Waals surface area contributed by atoms with Crippen molar-refractivity contribution >= 4 is 21.6 Å². The minimum Gasteiger partial charge on any atom is -0.383 e. The lowest BCUT2D eigenvalue weighted by atomic mass is 10.1. The molecule has 1 aliphatic rings. The van der Waals surface area contributed by atoms with Crippen LogP contribution >= 0.6 is 15.9 Å². The van der Waals surface area contributed by atoms with Crippen molar-refractivity contribution in [3.05, 3.63) is 50.6 Å². The van der Waals surface area contributed by atoms with Gasteiger partial charge in [-0.2, -0.15) is 5.10 Å². The maximum Gasteiger partial charge on any atom is 0.269 e. The lowest BCUT2D eigenvalue weighted by Gasteiger charge is -2.17. The van der Waals surface area contributed by atoms with E-state index in [-0.39, 0.29) is 5.56 Å². The molecule has 0 radical (unpaired) electrons. The minimum absolute atomic E-state index is 0.0992. The van der Waals surface area contributed by atoms with Crippen molar-refractivity contribution in [2.45, 2.75) is 19.4 Å². The topological polar surface area (TPSA) is 59.8 Å². The number of hydrogen-bond donors (Lipinski definition) is 1. The Balaban J connectivity index is 1.92. The van der Waals surface area contributed by atoms with Gasteiger partial charge in [0.05, 0.1) is 23.6 Å². The molecule has 0 saturated carbocycles. The molecule has 0 amide bonds. The fourth-order valence-electron chi connectivity index (χ4n) is 2.11. The van der Waals surface area contributed by atoms with Crippen molar-refractivity contribution in [1.82, 2.24) is 14.8 Å². The molecule has 6 heteroatoms. The smallest absolute Gasteiger partial charge is 0.269 e. The van der Waals surface area contributed by atoms with Crippen LogP contribution in [-0.4, -0.2) is 21.3 Å². The molecule has 0 aliphatic carbocycles. The molecule has 1 aliphatic heterocycles. The molecule has 0 atom stereocenters. The molecule has 0 aromatic carbocycles. The number of anilines is 1. The molecule has 0 saturated heterocycles. The van der Waals surface area contributed by atoms with Gasteiger partial charge >= 0.3 is 0 Å². The molecule has 0 fully saturated rings. The van der Waals surface area contributed by atoms with E-state index in [4.69, 9.17) is 0 Å². The standard InChI is InChI=1S/C13H13BrN4O/c14-9-3-4-10(16-7-9)8-18-13(19)6-12-11(17-18)2-1-5-15-12/h3-4,6-7,15H,1-2,5,8H2. The number of nitrogens with one attached hydrogen (secondary N) is 1. The fourth-order valence-corrected chi connectivity index (χ4v) is 2.35. The van der Waals surface area contributed by atoms with Gasteiger partial charge in [-0.25, -0.2) is 4.68 Å². The minimum atomic E-state index is -0.0992. The fraction of sp³-hybridized carbons (Fsp3) is 0.308. The third-order valence-corrected chi connectivity index (χ3v) is 3.55. The largest absolute Gasteiger partial charge is 0.383 e. The molecule has 3 heterocycles. The number of nitrogens with zero attached hydrogens (tertiary/aromatic N) is 3. The van der Waals surface area contributed by atoms with E-state index in [2.05, 4.69) is 31.3 Å². The quantitative estimate of drug-likeness (QED) is 0.916. The van der Waals surface area contributed by atoms with Crippen LogP contribution in [0, 0.1) is 0 Å². The Morgan fingerprint density at radius 3 is 3.11 bits per heavy atom. The molecule has 0 unspecified atom stereocenters. The number of aromatic nitrogens is 3. The molecule has 0 spiro atoms. The Kier molecular flexibility index (Phi) is 3.33. The third kappa shape index (κ3) is 2.68. The van der Waals surface area contributed by atoms with Gasteiger partial charge in [0, 0.05) is 23.3 Å². The second-order valence-corrected chi connectivity index (χ2v) is 5.41. The number of halogens is 1. The van der Waals surface area contributed by atoms with Gasteiger partial charge in [0.1, 0.15) is 0 Å². The van der Waals surface area contributed by atoms with Crippen LogP contribution in [0.4, 0.5) is 5.69 Å². The van der Waals surface area contributed by atoms with Gasteiger partial charge in [-0.1, -0.05) is 0 Å². The summed E-state index contributed by atoms with van der Waals surface area (Å²) >= 11 is 3.34. The van der Waals surface area contributed by atoms with Crippen LogP contribution in [0.25, 0.3) is 0 Å². The highest BCUT2D eigenvalue weighted by Crippen LogP contribution is 2.16. The van der Waals surface area contributed by atoms with E-state index < -0.39 is 0 Å². The summed E-state index contributed by atoms with van der Waals surface area (Å²) in [4.78, 5) is 16.3. The van der Waals surface area contributed by atoms with E-state index in [1.807, 2.05) is 12.1 Å². The van der Waals surface area contributed by atoms with Gasteiger partial charge < -0.3 is 5.32 Å². The molecule has 98 valence electrons. The summed E-state index contributed by atoms with van der Waals surface area (Å²) in [6.07, 6.45) is 3.69. The molecule has 2 aromatic rings. The van der Waals surface area contributed by atoms with Crippen molar-refractivity contribution in [1.29, 1.82) is 0 Å². The lowest BCUT2D eigenvalue weighted by molar-refractivity contribution is 0.599. The summed E-state index contributed by atoms with van der Waals surface area (Å²) < 4.78 is 2.40. The predicted octanol–water partition coefficient (Wildman–Crippen LogP) is 1.81. The van der Waals surface area contributed by atoms with E-state index in [1.54, 1.807) is 12.3 Å². The van der Waals surface area contributed by atoms with E-state index in [0.29, 0.717) is 6.54 Å². The van der Waals surface area contributed by atoms with Crippen LogP contribution in [0.15, 0.2) is 33.7 Å². The van der Waals surface area contributed by atoms with Crippen LogP contribution in [0.3, 0.4) is 0 Å².